The highest BCUT2D eigenvalue weighted by molar-refractivity contribution is 6.25. The van der Waals surface area contributed by atoms with Crippen LogP contribution in [0.4, 0.5) is 0 Å². The molecule has 21 heavy (non-hydrogen) atoms. The molecule has 0 atom stereocenters. The van der Waals surface area contributed by atoms with E-state index in [-0.39, 0.29) is 17.2 Å². The van der Waals surface area contributed by atoms with Crippen LogP contribution in [-0.2, 0) is 0 Å². The number of phenolic OH excluding ortho intramolecular Hbond substituents is 3. The van der Waals surface area contributed by atoms with Gasteiger partial charge in [0.15, 0.2) is 11.5 Å². The predicted octanol–water partition coefficient (Wildman–Crippen LogP) is 4.26. The summed E-state index contributed by atoms with van der Waals surface area (Å²) in [5.41, 5.74) is 0. The first-order valence-electron chi connectivity index (χ1n) is 6.64. The third-order valence-electron chi connectivity index (χ3n) is 3.92. The average molecular weight is 276 g/mol. The summed E-state index contributed by atoms with van der Waals surface area (Å²) in [6, 6.07) is 16.2. The van der Waals surface area contributed by atoms with E-state index in [0.29, 0.717) is 0 Å². The van der Waals surface area contributed by atoms with Crippen LogP contribution in [0.5, 0.6) is 17.2 Å². The van der Waals surface area contributed by atoms with Crippen LogP contribution < -0.4 is 0 Å². The van der Waals surface area contributed by atoms with Gasteiger partial charge in [0.1, 0.15) is 5.75 Å². The molecule has 3 nitrogen and oxygen atoms in total. The third-order valence-corrected chi connectivity index (χ3v) is 3.92. The number of fused-ring (bicyclic) bond motifs is 6. The van der Waals surface area contributed by atoms with Crippen molar-refractivity contribution in [1.82, 2.24) is 0 Å². The van der Waals surface area contributed by atoms with Gasteiger partial charge in [-0.25, -0.2) is 0 Å². The third kappa shape index (κ3) is 1.61. The summed E-state index contributed by atoms with van der Waals surface area (Å²) < 4.78 is 0. The molecule has 0 aliphatic carbocycles. The quantitative estimate of drug-likeness (QED) is 0.332. The van der Waals surface area contributed by atoms with Gasteiger partial charge < -0.3 is 15.3 Å². The number of hydrogen-bond acceptors (Lipinski definition) is 3. The maximum Gasteiger partial charge on any atom is 0.158 e. The summed E-state index contributed by atoms with van der Waals surface area (Å²) in [4.78, 5) is 0. The number of rotatable bonds is 0. The molecule has 0 amide bonds. The molecule has 0 aliphatic heterocycles. The molecule has 0 aliphatic rings. The van der Waals surface area contributed by atoms with E-state index in [9.17, 15) is 15.3 Å². The van der Waals surface area contributed by atoms with Crippen molar-refractivity contribution in [1.29, 1.82) is 0 Å². The summed E-state index contributed by atoms with van der Waals surface area (Å²) in [5, 5.41) is 34.9. The molecule has 0 saturated heterocycles. The Morgan fingerprint density at radius 2 is 0.952 bits per heavy atom. The lowest BCUT2D eigenvalue weighted by atomic mass is 9.94. The van der Waals surface area contributed by atoms with Crippen LogP contribution in [0.3, 0.4) is 0 Å². The van der Waals surface area contributed by atoms with Gasteiger partial charge in [-0.05, 0) is 56.6 Å². The van der Waals surface area contributed by atoms with Crippen molar-refractivity contribution in [2.75, 3.05) is 0 Å². The Balaban J connectivity index is 2.40. The van der Waals surface area contributed by atoms with E-state index in [2.05, 4.69) is 0 Å². The zero-order chi connectivity index (χ0) is 14.6. The van der Waals surface area contributed by atoms with Crippen LogP contribution in [0, 0.1) is 0 Å². The van der Waals surface area contributed by atoms with Crippen molar-refractivity contribution >= 4 is 32.3 Å². The molecule has 4 aromatic carbocycles. The minimum atomic E-state index is -0.164. The summed E-state index contributed by atoms with van der Waals surface area (Å²) >= 11 is 0. The summed E-state index contributed by atoms with van der Waals surface area (Å²) in [7, 11) is 0. The van der Waals surface area contributed by atoms with Crippen molar-refractivity contribution in [3.8, 4) is 17.2 Å². The van der Waals surface area contributed by atoms with E-state index in [1.807, 2.05) is 30.3 Å². The first-order chi connectivity index (χ1) is 10.1. The molecular weight excluding hydrogens is 264 g/mol. The Bertz CT molecular complexity index is 999. The molecule has 3 heteroatoms. The second-order valence-electron chi connectivity index (χ2n) is 5.16. The Morgan fingerprint density at radius 3 is 1.62 bits per heavy atom. The second kappa shape index (κ2) is 4.03. The largest absolute Gasteiger partial charge is 0.508 e. The van der Waals surface area contributed by atoms with E-state index in [1.165, 1.54) is 0 Å². The zero-order valence-electron chi connectivity index (χ0n) is 11.0. The molecule has 0 aromatic heterocycles. The van der Waals surface area contributed by atoms with Crippen LogP contribution >= 0.6 is 0 Å². The molecular formula is C18H12O3. The molecule has 3 N–H and O–H groups in total. The van der Waals surface area contributed by atoms with E-state index in [1.54, 1.807) is 24.3 Å². The number of aromatic hydroxyl groups is 3. The predicted molar refractivity (Wildman–Crippen MR) is 84.0 cm³/mol. The van der Waals surface area contributed by atoms with Gasteiger partial charge in [0, 0.05) is 0 Å². The summed E-state index contributed by atoms with van der Waals surface area (Å²) in [6.07, 6.45) is 0. The van der Waals surface area contributed by atoms with Gasteiger partial charge in [0.2, 0.25) is 0 Å². The fourth-order valence-corrected chi connectivity index (χ4v) is 2.97. The van der Waals surface area contributed by atoms with E-state index >= 15 is 0 Å². The highest BCUT2D eigenvalue weighted by atomic mass is 16.3. The van der Waals surface area contributed by atoms with Crippen molar-refractivity contribution in [3.05, 3.63) is 54.6 Å². The molecule has 0 radical (unpaired) electrons. The molecule has 0 fully saturated rings. The molecule has 0 unspecified atom stereocenters. The first kappa shape index (κ1) is 11.9. The van der Waals surface area contributed by atoms with E-state index in [0.717, 1.165) is 32.3 Å². The van der Waals surface area contributed by atoms with Crippen LogP contribution in [0.15, 0.2) is 54.6 Å². The van der Waals surface area contributed by atoms with Gasteiger partial charge in [-0.1, -0.05) is 30.3 Å². The Morgan fingerprint density at radius 1 is 0.476 bits per heavy atom. The van der Waals surface area contributed by atoms with E-state index in [4.69, 9.17) is 0 Å². The van der Waals surface area contributed by atoms with Gasteiger partial charge in [0.25, 0.3) is 0 Å². The van der Waals surface area contributed by atoms with Gasteiger partial charge in [-0.15, -0.1) is 0 Å². The van der Waals surface area contributed by atoms with Gasteiger partial charge in [0.05, 0.1) is 0 Å². The van der Waals surface area contributed by atoms with Crippen molar-refractivity contribution in [3.63, 3.8) is 0 Å². The Labute approximate surface area is 120 Å². The molecule has 4 rings (SSSR count). The first-order valence-corrected chi connectivity index (χ1v) is 6.64. The minimum absolute atomic E-state index is 0.146. The number of phenols is 3. The monoisotopic (exact) mass is 276 g/mol. The highest BCUT2D eigenvalue weighted by Crippen LogP contribution is 2.40. The van der Waals surface area contributed by atoms with Crippen LogP contribution in [0.25, 0.3) is 32.3 Å². The van der Waals surface area contributed by atoms with Crippen LogP contribution in [0.2, 0.25) is 0 Å². The van der Waals surface area contributed by atoms with Crippen LogP contribution in [-0.4, -0.2) is 15.3 Å². The smallest absolute Gasteiger partial charge is 0.158 e. The number of hydrogen-bond donors (Lipinski definition) is 3. The fraction of sp³-hybridized carbons (Fsp3) is 0. The van der Waals surface area contributed by atoms with Crippen LogP contribution in [0.1, 0.15) is 0 Å². The molecule has 0 heterocycles. The van der Waals surface area contributed by atoms with Gasteiger partial charge >= 0.3 is 0 Å². The normalized spacial score (nSPS) is 11.4. The average Bonchev–Trinajstić information content (AvgIpc) is 2.49. The maximum absolute atomic E-state index is 9.81. The Hall–Kier alpha value is -2.94. The van der Waals surface area contributed by atoms with Crippen molar-refractivity contribution in [2.45, 2.75) is 0 Å². The fourth-order valence-electron chi connectivity index (χ4n) is 2.97. The standard InChI is InChI=1S/C18H12O3/c19-10-5-6-13-11-3-1-2-4-12(11)15-8-17(20)18(21)9-16(15)14(13)7-10/h1-9,19-21H. The van der Waals surface area contributed by atoms with Gasteiger partial charge in [-0.2, -0.15) is 0 Å². The lowest BCUT2D eigenvalue weighted by Crippen LogP contribution is -1.83. The van der Waals surface area contributed by atoms with Gasteiger partial charge in [-0.3, -0.25) is 0 Å². The second-order valence-corrected chi connectivity index (χ2v) is 5.16. The van der Waals surface area contributed by atoms with Crippen molar-refractivity contribution in [2.24, 2.45) is 0 Å². The lowest BCUT2D eigenvalue weighted by molar-refractivity contribution is 0.405. The Kier molecular flexibility index (Phi) is 2.27. The molecule has 102 valence electrons. The summed E-state index contributed by atoms with van der Waals surface area (Å²) in [6.45, 7) is 0. The topological polar surface area (TPSA) is 60.7 Å². The highest BCUT2D eigenvalue weighted by Gasteiger charge is 2.11. The lowest BCUT2D eigenvalue weighted by Gasteiger charge is -2.11. The molecule has 0 bridgehead atoms. The molecule has 0 spiro atoms. The van der Waals surface area contributed by atoms with Crippen molar-refractivity contribution < 1.29 is 15.3 Å². The number of benzene rings is 4. The van der Waals surface area contributed by atoms with E-state index < -0.39 is 0 Å². The SMILES string of the molecule is Oc1ccc2c3ccccc3c3cc(O)c(O)cc3c2c1. The zero-order valence-corrected chi connectivity index (χ0v) is 11.0. The maximum atomic E-state index is 9.81. The molecule has 0 saturated carbocycles. The summed E-state index contributed by atoms with van der Waals surface area (Å²) in [5.74, 6) is -0.138. The molecule has 4 aromatic rings. The minimum Gasteiger partial charge on any atom is -0.508 e.